The summed E-state index contributed by atoms with van der Waals surface area (Å²) in [7, 11) is 0. The quantitative estimate of drug-likeness (QED) is 0.121. The first-order valence-electron chi connectivity index (χ1n) is 17.6. The fourth-order valence-electron chi connectivity index (χ4n) is 7.15. The fraction of sp³-hybridized carbons (Fsp3) is 0.622. The Hall–Kier alpha value is -4.43. The van der Waals surface area contributed by atoms with Crippen molar-refractivity contribution in [1.29, 1.82) is 0 Å². The van der Waals surface area contributed by atoms with Crippen LogP contribution in [0.2, 0.25) is 0 Å². The highest BCUT2D eigenvalue weighted by atomic mass is 19.4. The Kier molecular flexibility index (Phi) is 12.5. The summed E-state index contributed by atoms with van der Waals surface area (Å²) in [5, 5.41) is 10.0. The van der Waals surface area contributed by atoms with Gasteiger partial charge < -0.3 is 30.9 Å². The number of Topliss-reactive ketones (excluding diaryl/α,β-unsaturated/α-hetero) is 1. The number of alkyl halides is 3. The molecule has 0 spiro atoms. The monoisotopic (exact) mass is 733 g/mol. The van der Waals surface area contributed by atoms with Crippen molar-refractivity contribution in [2.24, 2.45) is 28.6 Å². The van der Waals surface area contributed by atoms with Gasteiger partial charge in [0, 0.05) is 19.5 Å². The number of rotatable bonds is 15. The molecule has 4 rings (SSSR count). The number of likely N-dealkylation sites (tertiary alicyclic amines) is 1. The number of ether oxygens (including phenoxy) is 1. The fourth-order valence-corrected chi connectivity index (χ4v) is 7.15. The number of hydrogen-bond acceptors (Lipinski definition) is 7. The lowest BCUT2D eigenvalue weighted by Gasteiger charge is -2.38. The number of urea groups is 1. The zero-order chi connectivity index (χ0) is 38.6. The van der Waals surface area contributed by atoms with Crippen LogP contribution in [0.25, 0.3) is 0 Å². The third-order valence-corrected chi connectivity index (χ3v) is 10.5. The lowest BCUT2D eigenvalue weighted by molar-refractivity contribution is -0.149. The molecule has 2 aliphatic carbocycles. The lowest BCUT2D eigenvalue weighted by atomic mass is 9.79. The molecule has 1 aliphatic heterocycles. The van der Waals surface area contributed by atoms with E-state index in [2.05, 4.69) is 27.8 Å². The molecule has 0 radical (unpaired) electrons. The van der Waals surface area contributed by atoms with Gasteiger partial charge in [-0.15, -0.1) is 6.58 Å². The molecule has 1 unspecified atom stereocenters. The highest BCUT2D eigenvalue weighted by Crippen LogP contribution is 2.65. The summed E-state index contributed by atoms with van der Waals surface area (Å²) in [6, 6.07) is 3.17. The average Bonchev–Trinajstić information content (AvgIpc) is 3.35. The van der Waals surface area contributed by atoms with Crippen molar-refractivity contribution in [1.82, 2.24) is 26.2 Å². The van der Waals surface area contributed by atoms with Crippen molar-refractivity contribution in [3.63, 3.8) is 0 Å². The summed E-state index contributed by atoms with van der Waals surface area (Å²) in [6.07, 6.45) is -3.39. The van der Waals surface area contributed by atoms with E-state index in [9.17, 15) is 41.9 Å². The van der Waals surface area contributed by atoms with Gasteiger partial charge in [-0.05, 0) is 53.4 Å². The van der Waals surface area contributed by atoms with Gasteiger partial charge in [-0.1, -0.05) is 77.4 Å². The number of carbonyl (C=O) groups excluding carboxylic acids is 6. The van der Waals surface area contributed by atoms with E-state index in [-0.39, 0.29) is 37.5 Å². The minimum absolute atomic E-state index is 0.0224. The molecular weight excluding hydrogens is 683 g/mol. The Morgan fingerprint density at radius 1 is 1.02 bits per heavy atom. The van der Waals surface area contributed by atoms with Gasteiger partial charge in [0.2, 0.25) is 17.6 Å². The van der Waals surface area contributed by atoms with Crippen molar-refractivity contribution in [2.45, 2.75) is 104 Å². The first-order chi connectivity index (χ1) is 24.3. The molecule has 2 saturated carbocycles. The molecule has 0 bridgehead atoms. The number of nitrogens with one attached hydrogen (secondary N) is 4. The molecular formula is C37H50F3N5O7. The number of hydrogen-bond donors (Lipinski definition) is 4. The van der Waals surface area contributed by atoms with E-state index in [4.69, 9.17) is 4.74 Å². The SMILES string of the molecule is C=CCNC(=O)C(=O)C(CCC(F)(F)F)NC(=O)[C@@H]1[C@@H]2[C@H](CN1C(=O)[C@@H](NC(=O)N[C@H](C(=O)OCc1ccccc1)C1CCC1)C(C)(C)C)C2(C)C. The molecule has 52 heavy (non-hydrogen) atoms. The van der Waals surface area contributed by atoms with Crippen LogP contribution in [0.1, 0.15) is 72.3 Å². The number of fused-ring (bicyclic) bond motifs is 1. The van der Waals surface area contributed by atoms with Gasteiger partial charge in [0.05, 0.1) is 6.04 Å². The molecule has 1 heterocycles. The zero-order valence-electron chi connectivity index (χ0n) is 30.3. The number of carbonyl (C=O) groups is 6. The highest BCUT2D eigenvalue weighted by molar-refractivity contribution is 6.38. The first kappa shape index (κ1) is 40.3. The molecule has 4 N–H and O–H groups in total. The minimum Gasteiger partial charge on any atom is -0.459 e. The number of nitrogens with zero attached hydrogens (tertiary/aromatic N) is 1. The van der Waals surface area contributed by atoms with E-state index >= 15 is 0 Å². The Morgan fingerprint density at radius 2 is 1.67 bits per heavy atom. The number of piperidine rings is 1. The van der Waals surface area contributed by atoms with Crippen molar-refractivity contribution in [2.75, 3.05) is 13.1 Å². The van der Waals surface area contributed by atoms with Crippen LogP contribution in [-0.2, 0) is 35.3 Å². The largest absolute Gasteiger partial charge is 0.459 e. The van der Waals surface area contributed by atoms with Gasteiger partial charge in [-0.2, -0.15) is 13.2 Å². The Balaban J connectivity index is 1.51. The summed E-state index contributed by atoms with van der Waals surface area (Å²) in [5.74, 6) is -5.18. The van der Waals surface area contributed by atoms with E-state index in [0.29, 0.717) is 12.8 Å². The predicted molar refractivity (Wildman–Crippen MR) is 184 cm³/mol. The van der Waals surface area contributed by atoms with Crippen LogP contribution in [0.3, 0.4) is 0 Å². The van der Waals surface area contributed by atoms with Gasteiger partial charge >= 0.3 is 18.2 Å². The maximum atomic E-state index is 14.3. The molecule has 12 nitrogen and oxygen atoms in total. The van der Waals surface area contributed by atoms with Crippen LogP contribution >= 0.6 is 0 Å². The molecule has 5 amide bonds. The molecule has 286 valence electrons. The minimum atomic E-state index is -4.66. The first-order valence-corrected chi connectivity index (χ1v) is 17.6. The maximum absolute atomic E-state index is 14.3. The standard InChI is InChI=1S/C37H50F3N5O7/c1-7-18-41-31(48)28(46)24(16-17-37(38,39)40)42-30(47)27-25-23(36(25,5)6)19-45(27)32(49)29(35(2,3)4)44-34(51)43-26(22-14-11-15-22)33(50)52-20-21-12-9-8-10-13-21/h7-10,12-13,22-27,29H,1,11,14-20H2,2-6H3,(H,41,48)(H,42,47)(H2,43,44,51)/t23-,24?,25-,26-,27-,29+/m0/s1. The van der Waals surface area contributed by atoms with Crippen LogP contribution in [0.15, 0.2) is 43.0 Å². The van der Waals surface area contributed by atoms with E-state index in [0.717, 1.165) is 12.0 Å². The number of benzene rings is 1. The average molecular weight is 734 g/mol. The maximum Gasteiger partial charge on any atom is 0.389 e. The van der Waals surface area contributed by atoms with Gasteiger partial charge in [0.1, 0.15) is 24.7 Å². The summed E-state index contributed by atoms with van der Waals surface area (Å²) in [5.41, 5.74) is -0.515. The second kappa shape index (κ2) is 16.1. The Morgan fingerprint density at radius 3 is 2.23 bits per heavy atom. The smallest absolute Gasteiger partial charge is 0.389 e. The Bertz CT molecular complexity index is 1520. The van der Waals surface area contributed by atoms with E-state index < -0.39 is 89.5 Å². The summed E-state index contributed by atoms with van der Waals surface area (Å²) >= 11 is 0. The van der Waals surface area contributed by atoms with Crippen LogP contribution < -0.4 is 21.3 Å². The number of ketones is 1. The molecule has 1 aromatic rings. The van der Waals surface area contributed by atoms with E-state index in [1.807, 2.05) is 44.2 Å². The van der Waals surface area contributed by atoms with E-state index in [1.165, 1.54) is 11.0 Å². The molecule has 15 heteroatoms. The van der Waals surface area contributed by atoms with Crippen molar-refractivity contribution in [3.05, 3.63) is 48.6 Å². The second-order valence-electron chi connectivity index (χ2n) is 15.6. The topological polar surface area (TPSA) is 163 Å². The summed E-state index contributed by atoms with van der Waals surface area (Å²) in [6.45, 7) is 12.4. The number of amides is 5. The molecule has 3 fully saturated rings. The third kappa shape index (κ3) is 9.71. The van der Waals surface area contributed by atoms with Gasteiger partial charge in [-0.3, -0.25) is 19.2 Å². The van der Waals surface area contributed by atoms with Gasteiger partial charge in [0.25, 0.3) is 5.91 Å². The zero-order valence-corrected chi connectivity index (χ0v) is 30.3. The van der Waals surface area contributed by atoms with Crippen molar-refractivity contribution < 1.29 is 46.7 Å². The number of esters is 1. The molecule has 1 saturated heterocycles. The second-order valence-corrected chi connectivity index (χ2v) is 15.6. The molecule has 6 atom stereocenters. The summed E-state index contributed by atoms with van der Waals surface area (Å²) in [4.78, 5) is 81.6. The molecule has 3 aliphatic rings. The van der Waals surface area contributed by atoms with Crippen LogP contribution in [0.5, 0.6) is 0 Å². The van der Waals surface area contributed by atoms with Gasteiger partial charge in [-0.25, -0.2) is 9.59 Å². The molecule has 1 aromatic carbocycles. The predicted octanol–water partition coefficient (Wildman–Crippen LogP) is 3.79. The van der Waals surface area contributed by atoms with E-state index in [1.54, 1.807) is 20.8 Å². The highest BCUT2D eigenvalue weighted by Gasteiger charge is 2.70. The molecule has 0 aromatic heterocycles. The van der Waals surface area contributed by atoms with Crippen LogP contribution in [0, 0.1) is 28.6 Å². The van der Waals surface area contributed by atoms with Crippen molar-refractivity contribution in [3.8, 4) is 0 Å². The Labute approximate surface area is 302 Å². The summed E-state index contributed by atoms with van der Waals surface area (Å²) < 4.78 is 45.2. The normalized spacial score (nSPS) is 22.4. The van der Waals surface area contributed by atoms with Gasteiger partial charge in [0.15, 0.2) is 0 Å². The van der Waals surface area contributed by atoms with Crippen molar-refractivity contribution >= 4 is 35.5 Å². The van der Waals surface area contributed by atoms with Crippen LogP contribution in [0.4, 0.5) is 18.0 Å². The number of halogens is 3. The third-order valence-electron chi connectivity index (χ3n) is 10.5. The lowest BCUT2D eigenvalue weighted by Crippen LogP contribution is -2.62. The van der Waals surface area contributed by atoms with Crippen LogP contribution in [-0.4, -0.2) is 83.8 Å².